The van der Waals surface area contributed by atoms with E-state index in [4.69, 9.17) is 4.99 Å². The van der Waals surface area contributed by atoms with Gasteiger partial charge in [0.25, 0.3) is 0 Å². The molecule has 0 amide bonds. The fraction of sp³-hybridized carbons (Fsp3) is 0.526. The van der Waals surface area contributed by atoms with Crippen LogP contribution in [0, 0.1) is 5.82 Å². The number of para-hydroxylation sites is 1. The van der Waals surface area contributed by atoms with Gasteiger partial charge in [-0.15, -0.1) is 34.2 Å². The van der Waals surface area contributed by atoms with Gasteiger partial charge in [0.05, 0.1) is 5.69 Å². The highest BCUT2D eigenvalue weighted by Crippen LogP contribution is 2.20. The Bertz CT molecular complexity index is 814. The van der Waals surface area contributed by atoms with Crippen molar-refractivity contribution in [1.82, 2.24) is 25.0 Å². The monoisotopic (exact) mass is 499 g/mol. The third-order valence-electron chi connectivity index (χ3n) is 5.16. The summed E-state index contributed by atoms with van der Waals surface area (Å²) in [6.07, 6.45) is 2.15. The van der Waals surface area contributed by atoms with Crippen LogP contribution in [0.2, 0.25) is 0 Å². The second-order valence-electron chi connectivity index (χ2n) is 6.88. The highest BCUT2D eigenvalue weighted by Gasteiger charge is 2.22. The second-order valence-corrected chi connectivity index (χ2v) is 6.88. The van der Waals surface area contributed by atoms with E-state index in [-0.39, 0.29) is 29.8 Å². The molecule has 0 radical (unpaired) electrons. The van der Waals surface area contributed by atoms with Crippen LogP contribution in [-0.4, -0.2) is 58.3 Å². The van der Waals surface area contributed by atoms with Crippen molar-refractivity contribution in [2.75, 3.05) is 37.6 Å². The molecule has 0 unspecified atom stereocenters. The topological polar surface area (TPSA) is 61.6 Å². The van der Waals surface area contributed by atoms with Gasteiger partial charge >= 0.3 is 0 Å². The molecule has 7 nitrogen and oxygen atoms in total. The first-order chi connectivity index (χ1) is 13.3. The van der Waals surface area contributed by atoms with Gasteiger partial charge < -0.3 is 19.7 Å². The highest BCUT2D eigenvalue weighted by molar-refractivity contribution is 14.0. The molecule has 2 aliphatic heterocycles. The summed E-state index contributed by atoms with van der Waals surface area (Å²) in [5, 5.41) is 11.9. The largest absolute Gasteiger partial charge is 0.366 e. The standard InChI is InChI=1S/C19H26FN7.HI/c1-2-21-19(22-14-18-24-23-17-8-5-9-27(17)18)26-12-10-25(11-13-26)16-7-4-3-6-15(16)20;/h3-4,6-7H,2,5,8-14H2,1H3,(H,21,22);1H. The molecule has 3 heterocycles. The van der Waals surface area contributed by atoms with Crippen LogP contribution < -0.4 is 10.2 Å². The molecule has 0 bridgehead atoms. The minimum Gasteiger partial charge on any atom is -0.366 e. The van der Waals surface area contributed by atoms with Crippen LogP contribution in [-0.2, 0) is 19.5 Å². The molecule has 0 saturated carbocycles. The molecule has 0 atom stereocenters. The van der Waals surface area contributed by atoms with Gasteiger partial charge in [-0.25, -0.2) is 9.38 Å². The SMILES string of the molecule is CCNC(=NCc1nnc2n1CCC2)N1CCN(c2ccccc2F)CC1.I. The molecule has 1 aromatic carbocycles. The molecule has 0 spiro atoms. The lowest BCUT2D eigenvalue weighted by atomic mass is 10.2. The Balaban J connectivity index is 0.00000225. The molecule has 1 fully saturated rings. The second kappa shape index (κ2) is 9.53. The van der Waals surface area contributed by atoms with Crippen LogP contribution >= 0.6 is 24.0 Å². The van der Waals surface area contributed by atoms with E-state index in [1.165, 1.54) is 6.07 Å². The summed E-state index contributed by atoms with van der Waals surface area (Å²) in [6.45, 7) is 7.55. The molecule has 28 heavy (non-hydrogen) atoms. The first kappa shape index (κ1) is 20.8. The third-order valence-corrected chi connectivity index (χ3v) is 5.16. The van der Waals surface area contributed by atoms with Gasteiger partial charge in [0.15, 0.2) is 11.8 Å². The van der Waals surface area contributed by atoms with E-state index < -0.39 is 0 Å². The van der Waals surface area contributed by atoms with Crippen LogP contribution in [0.1, 0.15) is 25.0 Å². The zero-order valence-electron chi connectivity index (χ0n) is 16.1. The van der Waals surface area contributed by atoms with E-state index in [1.54, 1.807) is 6.07 Å². The molecule has 2 aliphatic rings. The maximum absolute atomic E-state index is 14.0. The minimum absolute atomic E-state index is 0. The third kappa shape index (κ3) is 4.39. The first-order valence-electron chi connectivity index (χ1n) is 9.70. The van der Waals surface area contributed by atoms with Crippen LogP contribution in [0.15, 0.2) is 29.3 Å². The number of nitrogens with one attached hydrogen (secondary N) is 1. The predicted molar refractivity (Wildman–Crippen MR) is 119 cm³/mol. The zero-order chi connectivity index (χ0) is 18.6. The lowest BCUT2D eigenvalue weighted by Crippen LogP contribution is -2.52. The van der Waals surface area contributed by atoms with Crippen molar-refractivity contribution in [1.29, 1.82) is 0 Å². The average molecular weight is 499 g/mol. The van der Waals surface area contributed by atoms with Crippen molar-refractivity contribution >= 4 is 35.6 Å². The Morgan fingerprint density at radius 1 is 1.14 bits per heavy atom. The number of anilines is 1. The number of hydrogen-bond donors (Lipinski definition) is 1. The molecule has 1 N–H and O–H groups in total. The number of halogens is 2. The van der Waals surface area contributed by atoms with Crippen molar-refractivity contribution in [2.24, 2.45) is 4.99 Å². The number of aryl methyl sites for hydroxylation is 1. The van der Waals surface area contributed by atoms with Crippen molar-refractivity contribution in [3.8, 4) is 0 Å². The van der Waals surface area contributed by atoms with Crippen molar-refractivity contribution in [3.05, 3.63) is 41.7 Å². The van der Waals surface area contributed by atoms with Crippen LogP contribution in [0.3, 0.4) is 0 Å². The fourth-order valence-electron chi connectivity index (χ4n) is 3.77. The lowest BCUT2D eigenvalue weighted by molar-refractivity contribution is 0.370. The number of benzene rings is 1. The Hall–Kier alpha value is -1.91. The van der Waals surface area contributed by atoms with Gasteiger partial charge in [-0.05, 0) is 25.5 Å². The minimum atomic E-state index is -0.160. The Kier molecular flexibility index (Phi) is 7.08. The summed E-state index contributed by atoms with van der Waals surface area (Å²) in [7, 11) is 0. The quantitative estimate of drug-likeness (QED) is 0.398. The smallest absolute Gasteiger partial charge is 0.194 e. The fourth-order valence-corrected chi connectivity index (χ4v) is 3.77. The molecule has 2 aromatic rings. The molecule has 9 heteroatoms. The Morgan fingerprint density at radius 3 is 2.68 bits per heavy atom. The summed E-state index contributed by atoms with van der Waals surface area (Å²) in [5.41, 5.74) is 0.679. The van der Waals surface area contributed by atoms with Gasteiger partial charge in [0.2, 0.25) is 0 Å². The van der Waals surface area contributed by atoms with Crippen molar-refractivity contribution < 1.29 is 4.39 Å². The van der Waals surface area contributed by atoms with Gasteiger partial charge in [-0.2, -0.15) is 0 Å². The maximum Gasteiger partial charge on any atom is 0.194 e. The summed E-state index contributed by atoms with van der Waals surface area (Å²) < 4.78 is 16.2. The number of aromatic nitrogens is 3. The van der Waals surface area contributed by atoms with Crippen molar-refractivity contribution in [3.63, 3.8) is 0 Å². The van der Waals surface area contributed by atoms with Gasteiger partial charge in [0.1, 0.15) is 18.2 Å². The summed E-state index contributed by atoms with van der Waals surface area (Å²) in [6, 6.07) is 6.97. The van der Waals surface area contributed by atoms with E-state index in [9.17, 15) is 4.39 Å². The number of guanidine groups is 1. The number of hydrogen-bond acceptors (Lipinski definition) is 4. The number of piperazine rings is 1. The normalized spacial score (nSPS) is 16.7. The number of nitrogens with zero attached hydrogens (tertiary/aromatic N) is 6. The van der Waals surface area contributed by atoms with Gasteiger partial charge in [-0.3, -0.25) is 0 Å². The predicted octanol–water partition coefficient (Wildman–Crippen LogP) is 2.27. The average Bonchev–Trinajstić information content (AvgIpc) is 3.30. The lowest BCUT2D eigenvalue weighted by Gasteiger charge is -2.37. The summed E-state index contributed by atoms with van der Waals surface area (Å²) >= 11 is 0. The molecular weight excluding hydrogens is 472 g/mol. The Labute approximate surface area is 182 Å². The molecular formula is C19H27FIN7. The van der Waals surface area contributed by atoms with Gasteiger partial charge in [0, 0.05) is 45.7 Å². The maximum atomic E-state index is 14.0. The highest BCUT2D eigenvalue weighted by atomic mass is 127. The molecule has 1 aromatic heterocycles. The van der Waals surface area contributed by atoms with E-state index >= 15 is 0 Å². The van der Waals surface area contributed by atoms with Gasteiger partial charge in [-0.1, -0.05) is 12.1 Å². The van der Waals surface area contributed by atoms with Crippen LogP contribution in [0.4, 0.5) is 10.1 Å². The number of rotatable bonds is 4. The summed E-state index contributed by atoms with van der Waals surface area (Å²) in [5.74, 6) is 2.74. The van der Waals surface area contributed by atoms with Crippen LogP contribution in [0.5, 0.6) is 0 Å². The molecule has 0 aliphatic carbocycles. The number of fused-ring (bicyclic) bond motifs is 1. The number of aliphatic imine (C=N–C) groups is 1. The van der Waals surface area contributed by atoms with E-state index in [0.717, 1.165) is 69.7 Å². The zero-order valence-corrected chi connectivity index (χ0v) is 18.5. The molecule has 1 saturated heterocycles. The summed E-state index contributed by atoms with van der Waals surface area (Å²) in [4.78, 5) is 9.12. The van der Waals surface area contributed by atoms with Crippen molar-refractivity contribution in [2.45, 2.75) is 32.9 Å². The van der Waals surface area contributed by atoms with E-state index in [1.807, 2.05) is 12.1 Å². The molecule has 152 valence electrons. The van der Waals surface area contributed by atoms with E-state index in [0.29, 0.717) is 12.2 Å². The Morgan fingerprint density at radius 2 is 1.93 bits per heavy atom. The van der Waals surface area contributed by atoms with Crippen LogP contribution in [0.25, 0.3) is 0 Å². The first-order valence-corrected chi connectivity index (χ1v) is 9.70. The molecule has 4 rings (SSSR count). The van der Waals surface area contributed by atoms with E-state index in [2.05, 4.69) is 36.8 Å².